The van der Waals surface area contributed by atoms with E-state index in [4.69, 9.17) is 9.78 Å². The topological polar surface area (TPSA) is 112 Å². The molecule has 3 heterocycles. The lowest BCUT2D eigenvalue weighted by Crippen LogP contribution is -2.43. The monoisotopic (exact) mass is 415 g/mol. The van der Waals surface area contributed by atoms with Crippen LogP contribution in [0.5, 0.6) is 0 Å². The minimum Gasteiger partial charge on any atom is -0.361 e. The molecule has 0 spiro atoms. The number of aryl methyl sites for hydroxylation is 2. The number of nitriles is 1. The number of rotatable bonds is 5. The van der Waals surface area contributed by atoms with Gasteiger partial charge in [-0.2, -0.15) is 5.26 Å². The number of aromatic nitrogens is 2. The van der Waals surface area contributed by atoms with Crippen molar-refractivity contribution in [2.24, 2.45) is 0 Å². The highest BCUT2D eigenvalue weighted by Gasteiger charge is 2.47. The molecule has 0 aromatic carbocycles. The van der Waals surface area contributed by atoms with Crippen LogP contribution in [-0.4, -0.2) is 51.9 Å². The number of likely N-dealkylation sites (tertiary alicyclic amines) is 1. The summed E-state index contributed by atoms with van der Waals surface area (Å²) in [7, 11) is 0. The number of alkyl halides is 2. The molecule has 0 radical (unpaired) electrons. The number of hydrogen-bond donors (Lipinski definition) is 1. The van der Waals surface area contributed by atoms with Gasteiger partial charge in [0.25, 0.3) is 11.8 Å². The molecule has 1 atom stereocenters. The van der Waals surface area contributed by atoms with Gasteiger partial charge < -0.3 is 14.7 Å². The Labute approximate surface area is 171 Å². The van der Waals surface area contributed by atoms with E-state index in [9.17, 15) is 18.4 Å². The van der Waals surface area contributed by atoms with Crippen molar-refractivity contribution in [3.63, 3.8) is 0 Å². The molecule has 1 fully saturated rings. The maximum Gasteiger partial charge on any atom is 0.268 e. The predicted octanol–water partition coefficient (Wildman–Crippen LogP) is 2.35. The summed E-state index contributed by atoms with van der Waals surface area (Å²) in [6.07, 6.45) is 5.62. The molecule has 1 saturated heterocycles. The Morgan fingerprint density at radius 2 is 2.20 bits per heavy atom. The zero-order valence-corrected chi connectivity index (χ0v) is 16.4. The fourth-order valence-corrected chi connectivity index (χ4v) is 3.19. The Hall–Kier alpha value is -3.61. The lowest BCUT2D eigenvalue weighted by molar-refractivity contribution is -0.131. The molecule has 156 valence electrons. The number of nitrogens with zero attached hydrogens (tertiary/aromatic N) is 4. The number of carbonyl (C=O) groups is 2. The molecule has 2 aromatic heterocycles. The van der Waals surface area contributed by atoms with Gasteiger partial charge in [0.2, 0.25) is 5.91 Å². The van der Waals surface area contributed by atoms with Gasteiger partial charge in [-0.15, -0.1) is 0 Å². The second-order valence-electron chi connectivity index (χ2n) is 6.94. The third kappa shape index (κ3) is 4.51. The van der Waals surface area contributed by atoms with Crippen LogP contribution in [0.3, 0.4) is 0 Å². The van der Waals surface area contributed by atoms with Crippen molar-refractivity contribution >= 4 is 24.0 Å². The largest absolute Gasteiger partial charge is 0.361 e. The number of halogens is 2. The van der Waals surface area contributed by atoms with Crippen LogP contribution in [0, 0.1) is 25.2 Å². The van der Waals surface area contributed by atoms with Crippen LogP contribution < -0.4 is 5.32 Å². The molecule has 2 amide bonds. The fourth-order valence-electron chi connectivity index (χ4n) is 3.19. The van der Waals surface area contributed by atoms with E-state index in [2.05, 4.69) is 15.5 Å². The molecule has 0 unspecified atom stereocenters. The molecule has 0 aliphatic carbocycles. The highest BCUT2D eigenvalue weighted by molar-refractivity contribution is 6.00. The van der Waals surface area contributed by atoms with E-state index < -0.39 is 43.3 Å². The first kappa shape index (κ1) is 21.1. The quantitative estimate of drug-likeness (QED) is 0.802. The van der Waals surface area contributed by atoms with Gasteiger partial charge in [-0.1, -0.05) is 11.2 Å². The van der Waals surface area contributed by atoms with Crippen molar-refractivity contribution in [1.82, 2.24) is 20.4 Å². The molecule has 10 heteroatoms. The highest BCUT2D eigenvalue weighted by Crippen LogP contribution is 2.31. The lowest BCUT2D eigenvalue weighted by Gasteiger charge is -2.19. The molecular formula is C20H19F2N5O3. The second kappa shape index (κ2) is 8.41. The predicted molar refractivity (Wildman–Crippen MR) is 102 cm³/mol. The lowest BCUT2D eigenvalue weighted by atomic mass is 10.1. The van der Waals surface area contributed by atoms with E-state index >= 15 is 0 Å². The van der Waals surface area contributed by atoms with Crippen molar-refractivity contribution in [3.8, 4) is 6.07 Å². The first-order chi connectivity index (χ1) is 14.2. The molecule has 0 saturated carbocycles. The Bertz CT molecular complexity index is 1020. The van der Waals surface area contributed by atoms with E-state index in [-0.39, 0.29) is 5.56 Å². The molecule has 8 nitrogen and oxygen atoms in total. The molecule has 3 rings (SSSR count). The van der Waals surface area contributed by atoms with Crippen LogP contribution in [0.4, 0.5) is 8.78 Å². The standard InChI is InChI=1S/C20H19F2N5O3/c1-12-16(13(2)30-26-12)4-3-14-9-24-6-5-17(14)19(29)25-10-18(28)27-11-20(21,22)7-15(27)8-23/h3-6,9,15H,7,10-11H2,1-2H3,(H,25,29)/b4-3+/t15-/m0/s1. The SMILES string of the molecule is Cc1noc(C)c1/C=C/c1cnccc1C(=O)NCC(=O)N1CC(F)(F)C[C@H]1C#N. The van der Waals surface area contributed by atoms with E-state index in [0.717, 1.165) is 10.5 Å². The van der Waals surface area contributed by atoms with Gasteiger partial charge in [-0.05, 0) is 26.0 Å². The summed E-state index contributed by atoms with van der Waals surface area (Å²) in [5.74, 6) is -3.79. The van der Waals surface area contributed by atoms with Gasteiger partial charge in [0.15, 0.2) is 0 Å². The minimum absolute atomic E-state index is 0.254. The summed E-state index contributed by atoms with van der Waals surface area (Å²) in [5.41, 5.74) is 2.21. The van der Waals surface area contributed by atoms with Crippen molar-refractivity contribution in [2.75, 3.05) is 13.1 Å². The summed E-state index contributed by atoms with van der Waals surface area (Å²) >= 11 is 0. The Kier molecular flexibility index (Phi) is 5.91. The van der Waals surface area contributed by atoms with E-state index in [1.165, 1.54) is 18.5 Å². The van der Waals surface area contributed by atoms with E-state index in [1.807, 2.05) is 0 Å². The van der Waals surface area contributed by atoms with Crippen LogP contribution in [0.1, 0.15) is 39.4 Å². The smallest absolute Gasteiger partial charge is 0.268 e. The highest BCUT2D eigenvalue weighted by atomic mass is 19.3. The maximum absolute atomic E-state index is 13.5. The number of carbonyl (C=O) groups excluding carboxylic acids is 2. The third-order valence-corrected chi connectivity index (χ3v) is 4.75. The molecule has 0 bridgehead atoms. The summed E-state index contributed by atoms with van der Waals surface area (Å²) in [5, 5.41) is 15.3. The molecular weight excluding hydrogens is 396 g/mol. The Balaban J connectivity index is 1.69. The average Bonchev–Trinajstić information content (AvgIpc) is 3.22. The van der Waals surface area contributed by atoms with E-state index in [1.54, 1.807) is 32.1 Å². The Morgan fingerprint density at radius 3 is 2.87 bits per heavy atom. The first-order valence-corrected chi connectivity index (χ1v) is 9.12. The number of pyridine rings is 1. The van der Waals surface area contributed by atoms with Gasteiger partial charge >= 0.3 is 0 Å². The van der Waals surface area contributed by atoms with Gasteiger partial charge in [0.1, 0.15) is 11.8 Å². The zero-order valence-electron chi connectivity index (χ0n) is 16.4. The molecule has 30 heavy (non-hydrogen) atoms. The molecule has 1 aliphatic heterocycles. The first-order valence-electron chi connectivity index (χ1n) is 9.12. The minimum atomic E-state index is -3.11. The average molecular weight is 415 g/mol. The molecule has 2 aromatic rings. The van der Waals surface area contributed by atoms with Crippen molar-refractivity contribution in [2.45, 2.75) is 32.2 Å². The number of nitrogens with one attached hydrogen (secondary N) is 1. The summed E-state index contributed by atoms with van der Waals surface area (Å²) in [4.78, 5) is 29.6. The summed E-state index contributed by atoms with van der Waals surface area (Å²) < 4.78 is 32.1. The third-order valence-electron chi connectivity index (χ3n) is 4.75. The van der Waals surface area contributed by atoms with Crippen LogP contribution in [-0.2, 0) is 4.79 Å². The number of amides is 2. The van der Waals surface area contributed by atoms with Gasteiger partial charge in [-0.3, -0.25) is 14.6 Å². The van der Waals surface area contributed by atoms with Gasteiger partial charge in [-0.25, -0.2) is 8.78 Å². The summed E-state index contributed by atoms with van der Waals surface area (Å²) in [6.45, 7) is 2.22. The van der Waals surface area contributed by atoms with Crippen molar-refractivity contribution < 1.29 is 22.9 Å². The molecule has 1 aliphatic rings. The van der Waals surface area contributed by atoms with Crippen LogP contribution in [0.15, 0.2) is 23.0 Å². The fraction of sp³-hybridized carbons (Fsp3) is 0.350. The second-order valence-corrected chi connectivity index (χ2v) is 6.94. The van der Waals surface area contributed by atoms with Gasteiger partial charge in [0.05, 0.1) is 24.9 Å². The van der Waals surface area contributed by atoms with Crippen molar-refractivity contribution in [3.05, 3.63) is 46.6 Å². The summed E-state index contributed by atoms with van der Waals surface area (Å²) in [6, 6.07) is 1.97. The van der Waals surface area contributed by atoms with Crippen LogP contribution in [0.2, 0.25) is 0 Å². The normalized spacial score (nSPS) is 17.8. The number of hydrogen-bond acceptors (Lipinski definition) is 6. The zero-order chi connectivity index (χ0) is 21.9. The van der Waals surface area contributed by atoms with E-state index in [0.29, 0.717) is 17.0 Å². The molecule has 1 N–H and O–H groups in total. The van der Waals surface area contributed by atoms with Crippen molar-refractivity contribution in [1.29, 1.82) is 5.26 Å². The van der Waals surface area contributed by atoms with Crippen LogP contribution >= 0.6 is 0 Å². The van der Waals surface area contributed by atoms with Gasteiger partial charge in [0, 0.05) is 35.5 Å². The Morgan fingerprint density at radius 1 is 1.43 bits per heavy atom. The maximum atomic E-state index is 13.5. The van der Waals surface area contributed by atoms with Crippen LogP contribution in [0.25, 0.3) is 12.2 Å².